The number of pyridine rings is 1. The Hall–Kier alpha value is -11.8. The summed E-state index contributed by atoms with van der Waals surface area (Å²) in [6.07, 6.45) is 0. The summed E-state index contributed by atoms with van der Waals surface area (Å²) in [5, 5.41) is 0. The van der Waals surface area contributed by atoms with Crippen LogP contribution < -0.4 is 38.5 Å². The van der Waals surface area contributed by atoms with Crippen molar-refractivity contribution in [3.8, 4) is 90.8 Å². The van der Waals surface area contributed by atoms with E-state index in [-0.39, 0.29) is 0 Å². The van der Waals surface area contributed by atoms with Crippen molar-refractivity contribution in [2.24, 2.45) is 0 Å². The highest BCUT2D eigenvalue weighted by Gasteiger charge is 2.43. The second-order valence-electron chi connectivity index (χ2n) is 21.4. The minimum absolute atomic E-state index is 0.703. The predicted molar refractivity (Wildman–Crippen MR) is 345 cm³/mol. The molecular weight excluding hydrogens is 1060 g/mol. The second kappa shape index (κ2) is 20.0. The maximum absolute atomic E-state index is 6.97. The number of benzene rings is 12. The Morgan fingerprint density at radius 3 is 0.826 bits per heavy atom. The molecule has 0 saturated carbocycles. The van der Waals surface area contributed by atoms with Crippen LogP contribution in [-0.2, 0) is 0 Å². The van der Waals surface area contributed by atoms with Gasteiger partial charge in [-0.25, -0.2) is 4.98 Å². The van der Waals surface area contributed by atoms with E-state index < -0.39 is 0 Å². The van der Waals surface area contributed by atoms with Gasteiger partial charge in [-0.2, -0.15) is 0 Å². The van der Waals surface area contributed by atoms with Crippen molar-refractivity contribution in [2.45, 2.75) is 0 Å². The number of aromatic nitrogens is 1. The number of nitrogens with zero attached hydrogens (tertiary/aromatic N) is 5. The van der Waals surface area contributed by atoms with E-state index in [9.17, 15) is 0 Å². The fourth-order valence-corrected chi connectivity index (χ4v) is 12.5. The quantitative estimate of drug-likeness (QED) is 0.148. The minimum atomic E-state index is 0.703. The molecule has 0 N–H and O–H groups in total. The fourth-order valence-electron chi connectivity index (χ4n) is 12.5. The maximum atomic E-state index is 6.97. The lowest BCUT2D eigenvalue weighted by Crippen LogP contribution is -2.27. The maximum Gasteiger partial charge on any atom is 0.151 e. The molecule has 0 fully saturated rings. The molecule has 4 aliphatic rings. The SMILES string of the molecule is c1ccc(-c2cc(-c3ccc(-c4cc(N5c6ccccc6Oc6ccccc65)c(N5c6ccccc6Oc6ccccc65)c(N5c6ccccc6Oc6ccccc65)c4N4c5ccccc5Oc5ccccc54)cc3)cc(-c3ccccc3)n2)cc1. The third-order valence-electron chi connectivity index (χ3n) is 16.4. The molecule has 0 spiro atoms. The second-order valence-corrected chi connectivity index (χ2v) is 21.4. The summed E-state index contributed by atoms with van der Waals surface area (Å²) in [7, 11) is 0. The minimum Gasteiger partial charge on any atom is -0.453 e. The highest BCUT2D eigenvalue weighted by molar-refractivity contribution is 6.15. The van der Waals surface area contributed by atoms with Crippen LogP contribution in [0.4, 0.5) is 68.2 Å². The Balaban J connectivity index is 1.05. The van der Waals surface area contributed by atoms with Crippen LogP contribution in [0.15, 0.2) is 297 Å². The van der Waals surface area contributed by atoms with Crippen LogP contribution in [0.1, 0.15) is 0 Å². The Bertz CT molecular complexity index is 4580. The Morgan fingerprint density at radius 1 is 0.198 bits per heavy atom. The molecule has 0 unspecified atom stereocenters. The number of ether oxygens (including phenoxy) is 4. The molecule has 0 radical (unpaired) electrons. The monoisotopic (exact) mass is 1110 g/mol. The van der Waals surface area contributed by atoms with Gasteiger partial charge in [0, 0.05) is 16.7 Å². The van der Waals surface area contributed by atoms with E-state index >= 15 is 0 Å². The molecule has 13 aromatic rings. The molecule has 0 aliphatic carbocycles. The van der Waals surface area contributed by atoms with Crippen molar-refractivity contribution >= 4 is 68.2 Å². The van der Waals surface area contributed by atoms with Gasteiger partial charge in [-0.1, -0.05) is 182 Å². The third kappa shape index (κ3) is 7.97. The molecule has 12 aromatic carbocycles. The smallest absolute Gasteiger partial charge is 0.151 e. The molecule has 0 amide bonds. The first-order valence-corrected chi connectivity index (χ1v) is 28.8. The Morgan fingerprint density at radius 2 is 0.477 bits per heavy atom. The summed E-state index contributed by atoms with van der Waals surface area (Å²) in [4.78, 5) is 14.8. The Labute approximate surface area is 497 Å². The van der Waals surface area contributed by atoms with Gasteiger partial charge in [0.2, 0.25) is 0 Å². The molecule has 9 heteroatoms. The van der Waals surface area contributed by atoms with Gasteiger partial charge in [0.1, 0.15) is 0 Å². The van der Waals surface area contributed by atoms with Crippen LogP contribution in [0, 0.1) is 0 Å². The van der Waals surface area contributed by atoms with E-state index in [1.807, 2.05) is 72.8 Å². The largest absolute Gasteiger partial charge is 0.453 e. The normalized spacial score (nSPS) is 12.9. The zero-order valence-electron chi connectivity index (χ0n) is 46.2. The van der Waals surface area contributed by atoms with Gasteiger partial charge in [0.15, 0.2) is 46.0 Å². The van der Waals surface area contributed by atoms with Crippen LogP contribution in [0.25, 0.3) is 44.8 Å². The Kier molecular flexibility index (Phi) is 11.3. The number of para-hydroxylation sites is 16. The average molecular weight is 1110 g/mol. The van der Waals surface area contributed by atoms with Crippen molar-refractivity contribution in [1.82, 2.24) is 4.98 Å². The van der Waals surface area contributed by atoms with Crippen LogP contribution >= 0.6 is 0 Å². The number of rotatable bonds is 8. The lowest BCUT2D eigenvalue weighted by atomic mass is 9.92. The van der Waals surface area contributed by atoms with Crippen LogP contribution in [0.5, 0.6) is 46.0 Å². The molecular formula is C77H49N5O4. The summed E-state index contributed by atoms with van der Waals surface area (Å²) >= 11 is 0. The first-order valence-electron chi connectivity index (χ1n) is 28.8. The summed E-state index contributed by atoms with van der Waals surface area (Å²) in [6.45, 7) is 0. The van der Waals surface area contributed by atoms with E-state index in [4.69, 9.17) is 23.9 Å². The molecule has 0 saturated heterocycles. The molecule has 4 aliphatic heterocycles. The van der Waals surface area contributed by atoms with Gasteiger partial charge in [0.25, 0.3) is 0 Å². The van der Waals surface area contributed by atoms with E-state index in [1.54, 1.807) is 0 Å². The van der Waals surface area contributed by atoms with Crippen molar-refractivity contribution in [1.29, 1.82) is 0 Å². The van der Waals surface area contributed by atoms with Crippen LogP contribution in [0.3, 0.4) is 0 Å². The van der Waals surface area contributed by atoms with Gasteiger partial charge >= 0.3 is 0 Å². The lowest BCUT2D eigenvalue weighted by molar-refractivity contribution is 0.475. The summed E-state index contributed by atoms with van der Waals surface area (Å²) in [5.41, 5.74) is 18.2. The molecule has 9 nitrogen and oxygen atoms in total. The molecule has 1 aromatic heterocycles. The first-order chi connectivity index (χ1) is 42.7. The predicted octanol–water partition coefficient (Wildman–Crippen LogP) is 22.1. The number of anilines is 12. The zero-order valence-corrected chi connectivity index (χ0v) is 46.2. The van der Waals surface area contributed by atoms with Crippen molar-refractivity contribution < 1.29 is 18.9 Å². The van der Waals surface area contributed by atoms with E-state index in [1.165, 1.54) is 0 Å². The lowest BCUT2D eigenvalue weighted by Gasteiger charge is -2.45. The van der Waals surface area contributed by atoms with Crippen molar-refractivity contribution in [3.05, 3.63) is 297 Å². The molecule has 5 heterocycles. The number of hydrogen-bond donors (Lipinski definition) is 0. The van der Waals surface area contributed by atoms with Crippen LogP contribution in [-0.4, -0.2) is 4.98 Å². The fraction of sp³-hybridized carbons (Fsp3) is 0. The number of fused-ring (bicyclic) bond motifs is 8. The standard InChI is InChI=1S/C77H49N5O4/c1-3-23-52(24-4-1)56-47-54(48-57(78-56)53-25-5-2-6-26-53)50-43-45-51(46-44-50)55-49-66(79-58-27-7-15-35-67(58)83-68-36-16-8-28-59(68)79)76(81-62-31-11-19-39-71(62)85-72-40-20-12-32-63(72)81)77(82-64-33-13-21-41-73(64)86-74-42-22-14-34-65(74)82)75(55)80-60-29-9-17-37-69(60)84-70-38-18-10-30-61(70)80/h1-49H. The van der Waals surface area contributed by atoms with Gasteiger partial charge in [-0.05, 0) is 132 Å². The summed E-state index contributed by atoms with van der Waals surface area (Å²) in [5.74, 6) is 5.69. The topological polar surface area (TPSA) is 62.8 Å². The summed E-state index contributed by atoms with van der Waals surface area (Å²) < 4.78 is 27.7. The molecule has 406 valence electrons. The van der Waals surface area contributed by atoms with Crippen molar-refractivity contribution in [3.63, 3.8) is 0 Å². The number of hydrogen-bond acceptors (Lipinski definition) is 9. The van der Waals surface area contributed by atoms with Crippen molar-refractivity contribution in [2.75, 3.05) is 19.6 Å². The van der Waals surface area contributed by atoms with E-state index in [0.29, 0.717) is 34.5 Å². The average Bonchev–Trinajstić information content (AvgIpc) is 0.741. The summed E-state index contributed by atoms with van der Waals surface area (Å²) in [6, 6.07) is 103. The molecule has 0 atom stereocenters. The van der Waals surface area contributed by atoms with Gasteiger partial charge in [-0.15, -0.1) is 0 Å². The third-order valence-corrected chi connectivity index (χ3v) is 16.4. The molecule has 17 rings (SSSR count). The molecule has 86 heavy (non-hydrogen) atoms. The molecule has 0 bridgehead atoms. The highest BCUT2D eigenvalue weighted by atomic mass is 16.5. The van der Waals surface area contributed by atoms with Gasteiger partial charge in [-0.3, -0.25) is 9.80 Å². The highest BCUT2D eigenvalue weighted by Crippen LogP contribution is 2.68. The van der Waals surface area contributed by atoms with Gasteiger partial charge < -0.3 is 28.7 Å². The van der Waals surface area contributed by atoms with Crippen LogP contribution in [0.2, 0.25) is 0 Å². The van der Waals surface area contributed by atoms with Gasteiger partial charge in [0.05, 0.1) is 79.6 Å². The first kappa shape index (κ1) is 48.9. The van der Waals surface area contributed by atoms with E-state index in [0.717, 1.165) is 125 Å². The van der Waals surface area contributed by atoms with E-state index in [2.05, 4.69) is 244 Å². The zero-order chi connectivity index (χ0) is 56.7.